The third-order valence-electron chi connectivity index (χ3n) is 5.16. The van der Waals surface area contributed by atoms with Crippen LogP contribution in [0.5, 0.6) is 5.75 Å². The molecule has 1 aromatic carbocycles. The summed E-state index contributed by atoms with van der Waals surface area (Å²) in [6.45, 7) is 9.26. The summed E-state index contributed by atoms with van der Waals surface area (Å²) in [6, 6.07) is 8.23. The molecule has 0 aliphatic carbocycles. The van der Waals surface area contributed by atoms with Crippen molar-refractivity contribution in [3.8, 4) is 5.75 Å². The Morgan fingerprint density at radius 1 is 1.33 bits per heavy atom. The van der Waals surface area contributed by atoms with Crippen LogP contribution < -0.4 is 4.74 Å². The molecule has 5 heteroatoms. The number of hydrogen-bond donors (Lipinski definition) is 0. The molecular formula is C22H35N3O2. The lowest BCUT2D eigenvalue weighted by atomic mass is 9.96. The zero-order valence-electron chi connectivity index (χ0n) is 17.2. The quantitative estimate of drug-likeness (QED) is 0.591. The number of carbonyl (C=O) groups is 1. The Balaban J connectivity index is 1.96. The number of piperidine rings is 1. The summed E-state index contributed by atoms with van der Waals surface area (Å²) in [6.07, 6.45) is 4.49. The second-order valence-electron chi connectivity index (χ2n) is 7.69. The summed E-state index contributed by atoms with van der Waals surface area (Å²) in [7, 11) is 5.82. The van der Waals surface area contributed by atoms with Crippen molar-refractivity contribution < 1.29 is 9.53 Å². The van der Waals surface area contributed by atoms with Crippen molar-refractivity contribution in [2.45, 2.75) is 25.8 Å². The molecule has 150 valence electrons. The standard InChI is InChI=1S/C22H35N3O2/c1-5-9-22(26)25(15-14-23(2)3)17-19-10-8-13-24(16-19)18-20-11-6-7-12-21(20)27-4/h5-7,11-12,19H,1,8-10,13-18H2,2-4H3/t19-/m1/s1. The number of likely N-dealkylation sites (N-methyl/N-ethyl adjacent to an activating group) is 1. The lowest BCUT2D eigenvalue weighted by molar-refractivity contribution is -0.131. The summed E-state index contributed by atoms with van der Waals surface area (Å²) in [5, 5.41) is 0. The average molecular weight is 374 g/mol. The van der Waals surface area contributed by atoms with E-state index in [1.54, 1.807) is 13.2 Å². The number of benzene rings is 1. The molecule has 0 N–H and O–H groups in total. The molecular weight excluding hydrogens is 338 g/mol. The van der Waals surface area contributed by atoms with Gasteiger partial charge in [-0.05, 0) is 45.5 Å². The van der Waals surface area contributed by atoms with E-state index in [4.69, 9.17) is 4.74 Å². The smallest absolute Gasteiger partial charge is 0.226 e. The summed E-state index contributed by atoms with van der Waals surface area (Å²) in [5.41, 5.74) is 1.23. The second kappa shape index (κ2) is 11.1. The number of carbonyl (C=O) groups excluding carboxylic acids is 1. The molecule has 2 rings (SSSR count). The van der Waals surface area contributed by atoms with Gasteiger partial charge in [0.1, 0.15) is 5.75 Å². The molecule has 1 fully saturated rings. The lowest BCUT2D eigenvalue weighted by Crippen LogP contribution is -2.44. The van der Waals surface area contributed by atoms with Crippen LogP contribution in [-0.2, 0) is 11.3 Å². The summed E-state index contributed by atoms with van der Waals surface area (Å²) in [4.78, 5) is 19.1. The number of methoxy groups -OCH3 is 1. The Labute approximate surface area is 164 Å². The van der Waals surface area contributed by atoms with Crippen LogP contribution in [0.4, 0.5) is 0 Å². The molecule has 1 atom stereocenters. The average Bonchev–Trinajstić information content (AvgIpc) is 2.66. The van der Waals surface area contributed by atoms with Gasteiger partial charge in [-0.3, -0.25) is 9.69 Å². The minimum atomic E-state index is 0.189. The summed E-state index contributed by atoms with van der Waals surface area (Å²) >= 11 is 0. The van der Waals surface area contributed by atoms with Crippen molar-refractivity contribution in [1.82, 2.24) is 14.7 Å². The number of amides is 1. The number of para-hydroxylation sites is 1. The predicted octanol–water partition coefficient (Wildman–Crippen LogP) is 2.87. The van der Waals surface area contributed by atoms with Crippen LogP contribution in [0.2, 0.25) is 0 Å². The Hall–Kier alpha value is -1.85. The van der Waals surface area contributed by atoms with E-state index in [-0.39, 0.29) is 5.91 Å². The van der Waals surface area contributed by atoms with Crippen molar-refractivity contribution in [2.75, 3.05) is 53.9 Å². The summed E-state index contributed by atoms with van der Waals surface area (Å²) in [5.74, 6) is 1.66. The zero-order chi connectivity index (χ0) is 19.6. The number of rotatable bonds is 10. The van der Waals surface area contributed by atoms with Crippen LogP contribution in [0.15, 0.2) is 36.9 Å². The maximum absolute atomic E-state index is 12.5. The minimum Gasteiger partial charge on any atom is -0.496 e. The molecule has 1 aromatic rings. The molecule has 5 nitrogen and oxygen atoms in total. The molecule has 0 unspecified atom stereocenters. The van der Waals surface area contributed by atoms with E-state index in [0.29, 0.717) is 12.3 Å². The van der Waals surface area contributed by atoms with Gasteiger partial charge in [-0.15, -0.1) is 6.58 Å². The second-order valence-corrected chi connectivity index (χ2v) is 7.69. The van der Waals surface area contributed by atoms with E-state index in [2.05, 4.69) is 28.5 Å². The third kappa shape index (κ3) is 7.00. The fraction of sp³-hybridized carbons (Fsp3) is 0.591. The Morgan fingerprint density at radius 3 is 2.81 bits per heavy atom. The Kier molecular flexibility index (Phi) is 8.82. The van der Waals surface area contributed by atoms with Crippen molar-refractivity contribution in [3.63, 3.8) is 0 Å². The van der Waals surface area contributed by atoms with Crippen LogP contribution >= 0.6 is 0 Å². The van der Waals surface area contributed by atoms with Crippen LogP contribution in [0.1, 0.15) is 24.8 Å². The van der Waals surface area contributed by atoms with Gasteiger partial charge in [0.05, 0.1) is 7.11 Å². The highest BCUT2D eigenvalue weighted by molar-refractivity contribution is 5.77. The van der Waals surface area contributed by atoms with Gasteiger partial charge in [0.15, 0.2) is 0 Å². The van der Waals surface area contributed by atoms with Crippen LogP contribution in [0.3, 0.4) is 0 Å². The number of likely N-dealkylation sites (tertiary alicyclic amines) is 1. The molecule has 0 radical (unpaired) electrons. The molecule has 0 saturated carbocycles. The van der Waals surface area contributed by atoms with Gasteiger partial charge in [0, 0.05) is 44.7 Å². The van der Waals surface area contributed by atoms with Gasteiger partial charge in [0.2, 0.25) is 5.91 Å². The lowest BCUT2D eigenvalue weighted by Gasteiger charge is -2.36. The normalized spacial score (nSPS) is 17.7. The maximum Gasteiger partial charge on any atom is 0.226 e. The number of hydrogen-bond acceptors (Lipinski definition) is 4. The largest absolute Gasteiger partial charge is 0.496 e. The third-order valence-corrected chi connectivity index (χ3v) is 5.16. The van der Waals surface area contributed by atoms with Gasteiger partial charge < -0.3 is 14.5 Å². The van der Waals surface area contributed by atoms with E-state index < -0.39 is 0 Å². The first-order valence-electron chi connectivity index (χ1n) is 9.91. The molecule has 0 aromatic heterocycles. The van der Waals surface area contributed by atoms with Gasteiger partial charge in [0.25, 0.3) is 0 Å². The van der Waals surface area contributed by atoms with E-state index in [1.165, 1.54) is 18.4 Å². The highest BCUT2D eigenvalue weighted by Gasteiger charge is 2.24. The highest BCUT2D eigenvalue weighted by atomic mass is 16.5. The SMILES string of the molecule is C=CCC(=O)N(CCN(C)C)C[C@@H]1CCCN(Cc2ccccc2OC)C1. The molecule has 1 heterocycles. The predicted molar refractivity (Wildman–Crippen MR) is 111 cm³/mol. The first kappa shape index (κ1) is 21.5. The molecule has 1 saturated heterocycles. The highest BCUT2D eigenvalue weighted by Crippen LogP contribution is 2.24. The van der Waals surface area contributed by atoms with Gasteiger partial charge in [-0.2, -0.15) is 0 Å². The molecule has 1 aliphatic heterocycles. The maximum atomic E-state index is 12.5. The van der Waals surface area contributed by atoms with E-state index in [9.17, 15) is 4.79 Å². The fourth-order valence-electron chi connectivity index (χ4n) is 3.72. The van der Waals surface area contributed by atoms with Gasteiger partial charge in [-0.25, -0.2) is 0 Å². The fourth-order valence-corrected chi connectivity index (χ4v) is 3.72. The number of ether oxygens (including phenoxy) is 1. The van der Waals surface area contributed by atoms with Crippen molar-refractivity contribution >= 4 is 5.91 Å². The van der Waals surface area contributed by atoms with Crippen molar-refractivity contribution in [2.24, 2.45) is 5.92 Å². The topological polar surface area (TPSA) is 36.0 Å². The monoisotopic (exact) mass is 373 g/mol. The summed E-state index contributed by atoms with van der Waals surface area (Å²) < 4.78 is 5.50. The van der Waals surface area contributed by atoms with Crippen LogP contribution in [0, 0.1) is 5.92 Å². The Bertz CT molecular complexity index is 603. The molecule has 0 spiro atoms. The minimum absolute atomic E-state index is 0.189. The van der Waals surface area contributed by atoms with Crippen LogP contribution in [0.25, 0.3) is 0 Å². The van der Waals surface area contributed by atoms with Crippen LogP contribution in [-0.4, -0.2) is 74.5 Å². The Morgan fingerprint density at radius 2 is 2.11 bits per heavy atom. The number of nitrogens with zero attached hydrogens (tertiary/aromatic N) is 3. The molecule has 0 bridgehead atoms. The zero-order valence-corrected chi connectivity index (χ0v) is 17.2. The molecule has 27 heavy (non-hydrogen) atoms. The van der Waals surface area contributed by atoms with Gasteiger partial charge in [-0.1, -0.05) is 24.3 Å². The van der Waals surface area contributed by atoms with Crippen molar-refractivity contribution in [1.29, 1.82) is 0 Å². The molecule has 1 aliphatic rings. The van der Waals surface area contributed by atoms with Crippen molar-refractivity contribution in [3.05, 3.63) is 42.5 Å². The first-order chi connectivity index (χ1) is 13.0. The van der Waals surface area contributed by atoms with E-state index in [1.807, 2.05) is 31.1 Å². The van der Waals surface area contributed by atoms with E-state index >= 15 is 0 Å². The van der Waals surface area contributed by atoms with Gasteiger partial charge >= 0.3 is 0 Å². The first-order valence-corrected chi connectivity index (χ1v) is 9.91. The van der Waals surface area contributed by atoms with E-state index in [0.717, 1.165) is 45.0 Å². The molecule has 1 amide bonds.